The molecule has 88 valence electrons. The van der Waals surface area contributed by atoms with Crippen LogP contribution in [-0.2, 0) is 0 Å². The molecule has 0 aliphatic carbocycles. The second-order valence-corrected chi connectivity index (χ2v) is 3.97. The first-order chi connectivity index (χ1) is 8.22. The molecule has 4 nitrogen and oxygen atoms in total. The van der Waals surface area contributed by atoms with E-state index in [9.17, 15) is 4.79 Å². The molecular formula is C13H15N3O. The molecule has 0 unspecified atom stereocenters. The lowest BCUT2D eigenvalue weighted by atomic mass is 10.1. The van der Waals surface area contributed by atoms with Crippen LogP contribution in [0.15, 0.2) is 47.4 Å². The quantitative estimate of drug-likeness (QED) is 0.857. The minimum Gasteiger partial charge on any atom is -0.328 e. The monoisotopic (exact) mass is 229 g/mol. The summed E-state index contributed by atoms with van der Waals surface area (Å²) in [5, 5.41) is 4.07. The van der Waals surface area contributed by atoms with Crippen molar-refractivity contribution in [3.63, 3.8) is 0 Å². The standard InChI is InChI=1S/C13H15N3O/c1-10-4-6-11(7-5-10)12(9-14)16-13(17)3-2-8-15-16/h2-8,12H,9,14H2,1H3/t12-/m1/s1. The first kappa shape index (κ1) is 11.5. The van der Waals surface area contributed by atoms with Gasteiger partial charge in [0, 0.05) is 18.8 Å². The summed E-state index contributed by atoms with van der Waals surface area (Å²) in [6.07, 6.45) is 1.60. The van der Waals surface area contributed by atoms with Crippen LogP contribution in [0, 0.1) is 6.92 Å². The van der Waals surface area contributed by atoms with Crippen molar-refractivity contribution < 1.29 is 0 Å². The second kappa shape index (κ2) is 4.93. The van der Waals surface area contributed by atoms with Crippen LogP contribution in [0.2, 0.25) is 0 Å². The van der Waals surface area contributed by atoms with Crippen LogP contribution < -0.4 is 11.3 Å². The maximum Gasteiger partial charge on any atom is 0.267 e. The fourth-order valence-corrected chi connectivity index (χ4v) is 1.77. The van der Waals surface area contributed by atoms with Gasteiger partial charge in [0.25, 0.3) is 5.56 Å². The Morgan fingerprint density at radius 2 is 2.00 bits per heavy atom. The van der Waals surface area contributed by atoms with E-state index >= 15 is 0 Å². The number of aromatic nitrogens is 2. The Labute approximate surface area is 99.7 Å². The summed E-state index contributed by atoms with van der Waals surface area (Å²) in [6.45, 7) is 2.37. The smallest absolute Gasteiger partial charge is 0.267 e. The summed E-state index contributed by atoms with van der Waals surface area (Å²) < 4.78 is 1.42. The summed E-state index contributed by atoms with van der Waals surface area (Å²) in [5.74, 6) is 0. The van der Waals surface area contributed by atoms with E-state index in [0.717, 1.165) is 5.56 Å². The molecule has 0 aliphatic heterocycles. The van der Waals surface area contributed by atoms with Gasteiger partial charge in [-0.1, -0.05) is 29.8 Å². The van der Waals surface area contributed by atoms with Gasteiger partial charge in [-0.15, -0.1) is 0 Å². The second-order valence-electron chi connectivity index (χ2n) is 3.97. The molecule has 17 heavy (non-hydrogen) atoms. The lowest BCUT2D eigenvalue weighted by Gasteiger charge is -2.16. The number of nitrogens with zero attached hydrogens (tertiary/aromatic N) is 2. The van der Waals surface area contributed by atoms with Crippen LogP contribution >= 0.6 is 0 Å². The van der Waals surface area contributed by atoms with Crippen LogP contribution in [0.3, 0.4) is 0 Å². The Hall–Kier alpha value is -1.94. The molecule has 1 heterocycles. The van der Waals surface area contributed by atoms with E-state index in [4.69, 9.17) is 5.73 Å². The van der Waals surface area contributed by atoms with Gasteiger partial charge in [0.05, 0.1) is 6.04 Å². The molecule has 0 amide bonds. The molecule has 1 atom stereocenters. The third-order valence-corrected chi connectivity index (χ3v) is 2.72. The van der Waals surface area contributed by atoms with Gasteiger partial charge in [-0.2, -0.15) is 5.10 Å². The highest BCUT2D eigenvalue weighted by Gasteiger charge is 2.13. The van der Waals surface area contributed by atoms with Crippen LogP contribution in [0.4, 0.5) is 0 Å². The van der Waals surface area contributed by atoms with Crippen molar-refractivity contribution in [3.8, 4) is 0 Å². The van der Waals surface area contributed by atoms with Gasteiger partial charge in [0.1, 0.15) is 0 Å². The molecule has 0 bridgehead atoms. The zero-order valence-corrected chi connectivity index (χ0v) is 9.71. The number of aryl methyl sites for hydroxylation is 1. The maximum absolute atomic E-state index is 11.7. The molecule has 1 aromatic carbocycles. The number of hydrogen-bond donors (Lipinski definition) is 1. The predicted molar refractivity (Wildman–Crippen MR) is 66.9 cm³/mol. The van der Waals surface area contributed by atoms with Crippen molar-refractivity contribution in [2.45, 2.75) is 13.0 Å². The Balaban J connectivity index is 2.44. The van der Waals surface area contributed by atoms with Crippen molar-refractivity contribution in [2.24, 2.45) is 5.73 Å². The Bertz CT molecular complexity index is 545. The van der Waals surface area contributed by atoms with Gasteiger partial charge in [0.15, 0.2) is 0 Å². The summed E-state index contributed by atoms with van der Waals surface area (Å²) in [5.41, 5.74) is 7.79. The topological polar surface area (TPSA) is 60.9 Å². The Morgan fingerprint density at radius 3 is 2.59 bits per heavy atom. The Morgan fingerprint density at radius 1 is 1.29 bits per heavy atom. The number of nitrogens with two attached hydrogens (primary N) is 1. The van der Waals surface area contributed by atoms with Gasteiger partial charge in [-0.25, -0.2) is 4.68 Å². The summed E-state index contributed by atoms with van der Waals surface area (Å²) in [4.78, 5) is 11.7. The minimum atomic E-state index is -0.204. The largest absolute Gasteiger partial charge is 0.328 e. The average Bonchev–Trinajstić information content (AvgIpc) is 2.35. The highest BCUT2D eigenvalue weighted by atomic mass is 16.1. The van der Waals surface area contributed by atoms with Gasteiger partial charge in [-0.05, 0) is 18.6 Å². The molecule has 2 rings (SSSR count). The molecule has 2 aromatic rings. The Kier molecular flexibility index (Phi) is 3.35. The zero-order chi connectivity index (χ0) is 12.3. The number of benzene rings is 1. The highest BCUT2D eigenvalue weighted by Crippen LogP contribution is 2.15. The fourth-order valence-electron chi connectivity index (χ4n) is 1.77. The molecule has 0 saturated heterocycles. The molecule has 4 heteroatoms. The van der Waals surface area contributed by atoms with E-state index in [1.54, 1.807) is 12.3 Å². The first-order valence-electron chi connectivity index (χ1n) is 5.53. The molecular weight excluding hydrogens is 214 g/mol. The van der Waals surface area contributed by atoms with Gasteiger partial charge >= 0.3 is 0 Å². The predicted octanol–water partition coefficient (Wildman–Crippen LogP) is 1.10. The molecule has 0 aliphatic rings. The molecule has 0 spiro atoms. The van der Waals surface area contributed by atoms with Crippen LogP contribution in [0.5, 0.6) is 0 Å². The van der Waals surface area contributed by atoms with Gasteiger partial charge in [0.2, 0.25) is 0 Å². The molecule has 1 aromatic heterocycles. The van der Waals surface area contributed by atoms with Crippen molar-refractivity contribution in [1.82, 2.24) is 9.78 Å². The van der Waals surface area contributed by atoms with E-state index in [2.05, 4.69) is 5.10 Å². The third-order valence-electron chi connectivity index (χ3n) is 2.72. The van der Waals surface area contributed by atoms with Crippen molar-refractivity contribution in [3.05, 3.63) is 64.1 Å². The highest BCUT2D eigenvalue weighted by molar-refractivity contribution is 5.24. The average molecular weight is 229 g/mol. The molecule has 0 fully saturated rings. The van der Waals surface area contributed by atoms with Crippen LogP contribution in [0.25, 0.3) is 0 Å². The van der Waals surface area contributed by atoms with Gasteiger partial charge < -0.3 is 5.73 Å². The number of hydrogen-bond acceptors (Lipinski definition) is 3. The lowest BCUT2D eigenvalue weighted by molar-refractivity contribution is 0.503. The maximum atomic E-state index is 11.7. The van der Waals surface area contributed by atoms with Crippen molar-refractivity contribution in [1.29, 1.82) is 0 Å². The number of rotatable bonds is 3. The normalized spacial score (nSPS) is 12.4. The third kappa shape index (κ3) is 2.42. The van der Waals surface area contributed by atoms with Crippen LogP contribution in [0.1, 0.15) is 17.2 Å². The minimum absolute atomic E-state index is 0.136. The zero-order valence-electron chi connectivity index (χ0n) is 9.71. The summed E-state index contributed by atoms with van der Waals surface area (Å²) >= 11 is 0. The fraction of sp³-hybridized carbons (Fsp3) is 0.231. The van der Waals surface area contributed by atoms with Gasteiger partial charge in [-0.3, -0.25) is 4.79 Å². The van der Waals surface area contributed by atoms with E-state index < -0.39 is 0 Å². The first-order valence-corrected chi connectivity index (χ1v) is 5.53. The van der Waals surface area contributed by atoms with E-state index in [-0.39, 0.29) is 11.6 Å². The van der Waals surface area contributed by atoms with Crippen molar-refractivity contribution >= 4 is 0 Å². The summed E-state index contributed by atoms with van der Waals surface area (Å²) in [7, 11) is 0. The lowest BCUT2D eigenvalue weighted by Crippen LogP contribution is -2.31. The molecule has 0 radical (unpaired) electrons. The molecule has 2 N–H and O–H groups in total. The van der Waals surface area contributed by atoms with Crippen LogP contribution in [-0.4, -0.2) is 16.3 Å². The molecule has 0 saturated carbocycles. The SMILES string of the molecule is Cc1ccc([C@@H](CN)n2ncccc2=O)cc1. The van der Waals surface area contributed by atoms with E-state index in [0.29, 0.717) is 6.54 Å². The van der Waals surface area contributed by atoms with E-state index in [1.165, 1.54) is 16.3 Å². The van der Waals surface area contributed by atoms with Crippen molar-refractivity contribution in [2.75, 3.05) is 6.54 Å². The van der Waals surface area contributed by atoms with E-state index in [1.807, 2.05) is 31.2 Å². The summed E-state index contributed by atoms with van der Waals surface area (Å²) in [6, 6.07) is 10.9.